The second-order valence-corrected chi connectivity index (χ2v) is 4.51. The Bertz CT molecular complexity index is 192. The van der Waals surface area contributed by atoms with E-state index in [4.69, 9.17) is 0 Å². The van der Waals surface area contributed by atoms with Gasteiger partial charge in [-0.1, -0.05) is 39.5 Å². The summed E-state index contributed by atoms with van der Waals surface area (Å²) in [6.07, 6.45) is 12.5. The van der Waals surface area contributed by atoms with Crippen molar-refractivity contribution < 1.29 is 0 Å². The van der Waals surface area contributed by atoms with E-state index in [1.165, 1.54) is 38.5 Å². The maximum atomic E-state index is 3.50. The van der Waals surface area contributed by atoms with E-state index in [0.717, 1.165) is 13.1 Å². The van der Waals surface area contributed by atoms with Crippen molar-refractivity contribution in [3.05, 3.63) is 12.3 Å². The molecule has 0 aromatic rings. The molecule has 3 heteroatoms. The van der Waals surface area contributed by atoms with E-state index in [1.54, 1.807) is 0 Å². The molecule has 0 saturated heterocycles. The van der Waals surface area contributed by atoms with Gasteiger partial charge >= 0.3 is 0 Å². The van der Waals surface area contributed by atoms with Crippen molar-refractivity contribution in [3.8, 4) is 0 Å². The van der Waals surface area contributed by atoms with Gasteiger partial charge in [-0.3, -0.25) is 5.32 Å². The Morgan fingerprint density at radius 2 is 1.88 bits per heavy atom. The first kappa shape index (κ1) is 13.5. The second kappa shape index (κ2) is 8.59. The van der Waals surface area contributed by atoms with Crippen molar-refractivity contribution in [1.82, 2.24) is 15.8 Å². The minimum absolute atomic E-state index is 0.346. The van der Waals surface area contributed by atoms with Crippen LogP contribution in [0.4, 0.5) is 0 Å². The van der Waals surface area contributed by atoms with E-state index in [2.05, 4.69) is 41.9 Å². The quantitative estimate of drug-likeness (QED) is 0.591. The summed E-state index contributed by atoms with van der Waals surface area (Å²) >= 11 is 0. The predicted molar refractivity (Wildman–Crippen MR) is 69.8 cm³/mol. The van der Waals surface area contributed by atoms with Crippen molar-refractivity contribution in [2.24, 2.45) is 0 Å². The summed E-state index contributed by atoms with van der Waals surface area (Å²) in [6.45, 7) is 6.71. The first-order chi connectivity index (χ1) is 7.86. The Morgan fingerprint density at radius 3 is 2.62 bits per heavy atom. The van der Waals surface area contributed by atoms with E-state index in [1.807, 2.05) is 0 Å². The van der Waals surface area contributed by atoms with Gasteiger partial charge in [0.2, 0.25) is 0 Å². The summed E-state index contributed by atoms with van der Waals surface area (Å²) in [7, 11) is 0. The summed E-state index contributed by atoms with van der Waals surface area (Å²) in [5, 5.41) is 5.70. The second-order valence-electron chi connectivity index (χ2n) is 4.51. The standard InChI is InChI=1S/C13H27N3/c1-3-5-7-10-14-13-9-12-16(15-13)11-8-6-4-2/h9,12-15H,3-8,10-11H2,1-2H3. The molecule has 0 radical (unpaired) electrons. The normalized spacial score (nSPS) is 19.6. The molecule has 94 valence electrons. The SMILES string of the molecule is CCCCCNC1C=CN(CCCCC)N1. The average molecular weight is 225 g/mol. The topological polar surface area (TPSA) is 27.3 Å². The Hall–Kier alpha value is -0.540. The van der Waals surface area contributed by atoms with Crippen LogP contribution in [-0.2, 0) is 0 Å². The fourth-order valence-electron chi connectivity index (χ4n) is 1.87. The Morgan fingerprint density at radius 1 is 1.12 bits per heavy atom. The third-order valence-electron chi connectivity index (χ3n) is 2.91. The summed E-state index contributed by atoms with van der Waals surface area (Å²) in [5.41, 5.74) is 3.44. The van der Waals surface area contributed by atoms with E-state index < -0.39 is 0 Å². The number of hydrogen-bond acceptors (Lipinski definition) is 3. The van der Waals surface area contributed by atoms with Crippen LogP contribution in [-0.4, -0.2) is 24.3 Å². The third-order valence-corrected chi connectivity index (χ3v) is 2.91. The van der Waals surface area contributed by atoms with Gasteiger partial charge in [0.15, 0.2) is 0 Å². The van der Waals surface area contributed by atoms with Gasteiger partial charge in [-0.25, -0.2) is 5.43 Å². The van der Waals surface area contributed by atoms with Gasteiger partial charge in [-0.2, -0.15) is 0 Å². The van der Waals surface area contributed by atoms with E-state index in [9.17, 15) is 0 Å². The molecule has 1 aliphatic heterocycles. The van der Waals surface area contributed by atoms with Crippen molar-refractivity contribution in [2.45, 2.75) is 58.5 Å². The van der Waals surface area contributed by atoms with Crippen LogP contribution in [0, 0.1) is 0 Å². The number of unbranched alkanes of at least 4 members (excludes halogenated alkanes) is 4. The van der Waals surface area contributed by atoms with Crippen LogP contribution >= 0.6 is 0 Å². The summed E-state index contributed by atoms with van der Waals surface area (Å²) in [6, 6.07) is 0. The summed E-state index contributed by atoms with van der Waals surface area (Å²) in [4.78, 5) is 0. The number of nitrogens with zero attached hydrogens (tertiary/aromatic N) is 1. The molecule has 0 aromatic heterocycles. The zero-order valence-corrected chi connectivity index (χ0v) is 10.8. The monoisotopic (exact) mass is 225 g/mol. The summed E-state index contributed by atoms with van der Waals surface area (Å²) in [5.74, 6) is 0. The first-order valence-electron chi connectivity index (χ1n) is 6.81. The minimum Gasteiger partial charge on any atom is -0.314 e. The van der Waals surface area contributed by atoms with E-state index in [0.29, 0.717) is 6.17 Å². The fourth-order valence-corrected chi connectivity index (χ4v) is 1.87. The minimum atomic E-state index is 0.346. The van der Waals surface area contributed by atoms with Crippen LogP contribution in [0.25, 0.3) is 0 Å². The molecule has 1 unspecified atom stereocenters. The van der Waals surface area contributed by atoms with Crippen LogP contribution in [0.2, 0.25) is 0 Å². The van der Waals surface area contributed by atoms with Crippen LogP contribution in [0.15, 0.2) is 12.3 Å². The molecule has 1 aliphatic rings. The third kappa shape index (κ3) is 5.52. The zero-order valence-electron chi connectivity index (χ0n) is 10.8. The van der Waals surface area contributed by atoms with Gasteiger partial charge in [-0.05, 0) is 25.5 Å². The molecule has 0 spiro atoms. The first-order valence-corrected chi connectivity index (χ1v) is 6.81. The molecular weight excluding hydrogens is 198 g/mol. The predicted octanol–water partition coefficient (Wildman–Crippen LogP) is 2.62. The highest BCUT2D eigenvalue weighted by Crippen LogP contribution is 2.03. The fraction of sp³-hybridized carbons (Fsp3) is 0.846. The molecule has 1 rings (SSSR count). The lowest BCUT2D eigenvalue weighted by Crippen LogP contribution is -2.44. The van der Waals surface area contributed by atoms with Crippen molar-refractivity contribution >= 4 is 0 Å². The molecule has 0 saturated carbocycles. The maximum Gasteiger partial charge on any atom is 0.0957 e. The lowest BCUT2D eigenvalue weighted by molar-refractivity contribution is 0.252. The Labute approximate surface area is 100 Å². The molecule has 1 atom stereocenters. The molecule has 0 amide bonds. The number of hydrogen-bond donors (Lipinski definition) is 2. The molecule has 16 heavy (non-hydrogen) atoms. The van der Waals surface area contributed by atoms with Gasteiger partial charge in [0, 0.05) is 12.7 Å². The molecule has 0 aromatic carbocycles. The van der Waals surface area contributed by atoms with E-state index in [-0.39, 0.29) is 0 Å². The van der Waals surface area contributed by atoms with Gasteiger partial charge in [-0.15, -0.1) is 0 Å². The van der Waals surface area contributed by atoms with Crippen molar-refractivity contribution in [2.75, 3.05) is 13.1 Å². The lowest BCUT2D eigenvalue weighted by Gasteiger charge is -2.20. The lowest BCUT2D eigenvalue weighted by atomic mass is 10.2. The van der Waals surface area contributed by atoms with Gasteiger partial charge in [0.1, 0.15) is 0 Å². The Kier molecular flexibility index (Phi) is 7.26. The largest absolute Gasteiger partial charge is 0.314 e. The van der Waals surface area contributed by atoms with Gasteiger partial charge in [0.05, 0.1) is 6.17 Å². The molecule has 1 heterocycles. The van der Waals surface area contributed by atoms with Crippen molar-refractivity contribution in [3.63, 3.8) is 0 Å². The maximum absolute atomic E-state index is 3.50. The molecule has 3 nitrogen and oxygen atoms in total. The molecule has 0 bridgehead atoms. The van der Waals surface area contributed by atoms with Crippen LogP contribution < -0.4 is 10.7 Å². The highest BCUT2D eigenvalue weighted by Gasteiger charge is 2.12. The molecule has 2 N–H and O–H groups in total. The highest BCUT2D eigenvalue weighted by atomic mass is 15.5. The highest BCUT2D eigenvalue weighted by molar-refractivity contribution is 4.97. The smallest absolute Gasteiger partial charge is 0.0957 e. The number of nitrogens with one attached hydrogen (secondary N) is 2. The van der Waals surface area contributed by atoms with E-state index >= 15 is 0 Å². The molecule has 0 fully saturated rings. The van der Waals surface area contributed by atoms with Gasteiger partial charge < -0.3 is 5.01 Å². The van der Waals surface area contributed by atoms with Crippen molar-refractivity contribution in [1.29, 1.82) is 0 Å². The molecule has 0 aliphatic carbocycles. The summed E-state index contributed by atoms with van der Waals surface area (Å²) < 4.78 is 0. The average Bonchev–Trinajstić information content (AvgIpc) is 2.73. The zero-order chi connectivity index (χ0) is 11.6. The van der Waals surface area contributed by atoms with Crippen LogP contribution in [0.3, 0.4) is 0 Å². The van der Waals surface area contributed by atoms with Crippen LogP contribution in [0.1, 0.15) is 52.4 Å². The van der Waals surface area contributed by atoms with Gasteiger partial charge in [0.25, 0.3) is 0 Å². The Balaban J connectivity index is 2.00. The van der Waals surface area contributed by atoms with Crippen LogP contribution in [0.5, 0.6) is 0 Å². The molecular formula is C13H27N3. The number of hydrazine groups is 1. The number of rotatable bonds is 9.